The number of para-hydroxylation sites is 2. The van der Waals surface area contributed by atoms with Crippen LogP contribution in [0, 0.1) is 11.8 Å². The molecule has 2 fully saturated rings. The molecule has 2 aliphatic heterocycles. The maximum absolute atomic E-state index is 12.5. The fourth-order valence-corrected chi connectivity index (χ4v) is 3.57. The van der Waals surface area contributed by atoms with E-state index in [9.17, 15) is 9.59 Å². The second-order valence-corrected chi connectivity index (χ2v) is 6.82. The van der Waals surface area contributed by atoms with Crippen molar-refractivity contribution in [2.24, 2.45) is 11.8 Å². The van der Waals surface area contributed by atoms with Gasteiger partial charge in [-0.3, -0.25) is 9.59 Å². The molecule has 0 radical (unpaired) electrons. The molecule has 130 valence electrons. The molecule has 0 N–H and O–H groups in total. The van der Waals surface area contributed by atoms with Gasteiger partial charge < -0.3 is 14.5 Å². The molecule has 0 saturated carbocycles. The Bertz CT molecular complexity index is 608. The number of ether oxygens (including phenoxy) is 1. The lowest BCUT2D eigenvalue weighted by Crippen LogP contribution is -2.35. The molecule has 0 spiro atoms. The van der Waals surface area contributed by atoms with Crippen molar-refractivity contribution in [1.82, 2.24) is 0 Å². The minimum atomic E-state index is -0.355. The normalized spacial score (nSPS) is 22.1. The number of benzene rings is 1. The van der Waals surface area contributed by atoms with Gasteiger partial charge >= 0.3 is 5.97 Å². The number of esters is 1. The van der Waals surface area contributed by atoms with Crippen LogP contribution >= 0.6 is 0 Å². The lowest BCUT2D eigenvalue weighted by molar-refractivity contribution is -0.147. The summed E-state index contributed by atoms with van der Waals surface area (Å²) >= 11 is 0. The van der Waals surface area contributed by atoms with Crippen LogP contribution in [0.15, 0.2) is 24.3 Å². The monoisotopic (exact) mass is 330 g/mol. The summed E-state index contributed by atoms with van der Waals surface area (Å²) in [7, 11) is 0. The fraction of sp³-hybridized carbons (Fsp3) is 0.579. The van der Waals surface area contributed by atoms with Crippen LogP contribution in [0.4, 0.5) is 11.4 Å². The van der Waals surface area contributed by atoms with Gasteiger partial charge in [-0.15, -0.1) is 0 Å². The Morgan fingerprint density at radius 1 is 1.21 bits per heavy atom. The van der Waals surface area contributed by atoms with E-state index in [1.807, 2.05) is 18.2 Å². The zero-order chi connectivity index (χ0) is 17.1. The average Bonchev–Trinajstić information content (AvgIpc) is 2.98. The minimum Gasteiger partial charge on any atom is -0.466 e. The molecule has 1 amide bonds. The van der Waals surface area contributed by atoms with E-state index in [4.69, 9.17) is 4.74 Å². The number of anilines is 2. The number of amides is 1. The van der Waals surface area contributed by atoms with Crippen molar-refractivity contribution in [3.8, 4) is 0 Å². The molecule has 5 heteroatoms. The first-order valence-corrected chi connectivity index (χ1v) is 8.91. The summed E-state index contributed by atoms with van der Waals surface area (Å²) < 4.78 is 5.09. The second-order valence-electron chi connectivity index (χ2n) is 6.82. The largest absolute Gasteiger partial charge is 0.466 e. The van der Waals surface area contributed by atoms with Crippen LogP contribution in [0.3, 0.4) is 0 Å². The Hall–Kier alpha value is -2.04. The van der Waals surface area contributed by atoms with Crippen molar-refractivity contribution in [3.05, 3.63) is 24.3 Å². The van der Waals surface area contributed by atoms with Gasteiger partial charge in [0.1, 0.15) is 0 Å². The summed E-state index contributed by atoms with van der Waals surface area (Å²) in [4.78, 5) is 28.6. The van der Waals surface area contributed by atoms with E-state index in [0.717, 1.165) is 30.4 Å². The Morgan fingerprint density at radius 2 is 1.88 bits per heavy atom. The number of carbonyl (C=O) groups excluding carboxylic acids is 2. The van der Waals surface area contributed by atoms with Crippen molar-refractivity contribution in [3.63, 3.8) is 0 Å². The van der Waals surface area contributed by atoms with Crippen LogP contribution < -0.4 is 9.80 Å². The molecule has 0 bridgehead atoms. The Labute approximate surface area is 143 Å². The van der Waals surface area contributed by atoms with Gasteiger partial charge in [-0.2, -0.15) is 0 Å². The molecule has 3 rings (SSSR count). The number of nitrogens with zero attached hydrogens (tertiary/aromatic N) is 2. The summed E-state index contributed by atoms with van der Waals surface area (Å²) in [5.41, 5.74) is 2.02. The first kappa shape index (κ1) is 16.8. The van der Waals surface area contributed by atoms with E-state index < -0.39 is 0 Å². The van der Waals surface area contributed by atoms with Crippen molar-refractivity contribution in [1.29, 1.82) is 0 Å². The molecule has 24 heavy (non-hydrogen) atoms. The maximum atomic E-state index is 12.5. The van der Waals surface area contributed by atoms with E-state index in [1.54, 1.807) is 11.8 Å². The molecule has 1 aromatic carbocycles. The number of piperidine rings is 1. The van der Waals surface area contributed by atoms with E-state index in [2.05, 4.69) is 17.9 Å². The van der Waals surface area contributed by atoms with Crippen molar-refractivity contribution < 1.29 is 14.3 Å². The lowest BCUT2D eigenvalue weighted by Gasteiger charge is -2.34. The van der Waals surface area contributed by atoms with Gasteiger partial charge in [-0.1, -0.05) is 19.1 Å². The van der Waals surface area contributed by atoms with E-state index in [-0.39, 0.29) is 24.2 Å². The molecule has 1 aromatic rings. The summed E-state index contributed by atoms with van der Waals surface area (Å²) in [6, 6.07) is 8.03. The number of hydrogen-bond acceptors (Lipinski definition) is 4. The van der Waals surface area contributed by atoms with Crippen LogP contribution in [0.5, 0.6) is 0 Å². The SMILES string of the molecule is CCOC(=O)[C@@H]1CC(=O)N(c2ccccc2N2CCC(C)CC2)C1. The zero-order valence-electron chi connectivity index (χ0n) is 14.5. The van der Waals surface area contributed by atoms with Crippen molar-refractivity contribution in [2.75, 3.05) is 36.0 Å². The van der Waals surface area contributed by atoms with E-state index in [0.29, 0.717) is 13.2 Å². The van der Waals surface area contributed by atoms with Gasteiger partial charge in [0.2, 0.25) is 5.91 Å². The molecule has 1 atom stereocenters. The quantitative estimate of drug-likeness (QED) is 0.797. The molecule has 2 aliphatic rings. The predicted octanol–water partition coefficient (Wildman–Crippen LogP) is 2.84. The molecular formula is C19H26N2O3. The third-order valence-corrected chi connectivity index (χ3v) is 5.04. The number of rotatable bonds is 4. The second kappa shape index (κ2) is 7.24. The molecule has 2 heterocycles. The molecule has 0 aliphatic carbocycles. The molecule has 0 unspecified atom stereocenters. The lowest BCUT2D eigenvalue weighted by atomic mass is 9.98. The summed E-state index contributed by atoms with van der Waals surface area (Å²) in [6.07, 6.45) is 2.59. The Morgan fingerprint density at radius 3 is 2.54 bits per heavy atom. The highest BCUT2D eigenvalue weighted by molar-refractivity contribution is 6.01. The highest BCUT2D eigenvalue weighted by Crippen LogP contribution is 2.35. The third kappa shape index (κ3) is 3.40. The number of carbonyl (C=O) groups is 2. The van der Waals surface area contributed by atoms with Gasteiger partial charge in [0, 0.05) is 26.1 Å². The van der Waals surface area contributed by atoms with Gasteiger partial charge in [0.25, 0.3) is 0 Å². The number of hydrogen-bond donors (Lipinski definition) is 0. The van der Waals surface area contributed by atoms with Gasteiger partial charge in [-0.05, 0) is 37.8 Å². The summed E-state index contributed by atoms with van der Waals surface area (Å²) in [6.45, 7) is 6.88. The Kier molecular flexibility index (Phi) is 5.07. The van der Waals surface area contributed by atoms with Crippen molar-refractivity contribution in [2.45, 2.75) is 33.1 Å². The van der Waals surface area contributed by atoms with Crippen LogP contribution in [-0.4, -0.2) is 38.1 Å². The van der Waals surface area contributed by atoms with Gasteiger partial charge in [-0.25, -0.2) is 0 Å². The topological polar surface area (TPSA) is 49.9 Å². The first-order chi connectivity index (χ1) is 11.6. The summed E-state index contributed by atoms with van der Waals surface area (Å²) in [5.74, 6) is 0.144. The predicted molar refractivity (Wildman–Crippen MR) is 94.1 cm³/mol. The molecular weight excluding hydrogens is 304 g/mol. The highest BCUT2D eigenvalue weighted by Gasteiger charge is 2.37. The van der Waals surface area contributed by atoms with Crippen molar-refractivity contribution >= 4 is 23.3 Å². The smallest absolute Gasteiger partial charge is 0.311 e. The van der Waals surface area contributed by atoms with Gasteiger partial charge in [0.05, 0.1) is 23.9 Å². The van der Waals surface area contributed by atoms with E-state index in [1.165, 1.54) is 12.8 Å². The Balaban J connectivity index is 1.80. The zero-order valence-corrected chi connectivity index (χ0v) is 14.5. The fourth-order valence-electron chi connectivity index (χ4n) is 3.57. The van der Waals surface area contributed by atoms with Crippen LogP contribution in [-0.2, 0) is 14.3 Å². The van der Waals surface area contributed by atoms with Crippen LogP contribution in [0.1, 0.15) is 33.1 Å². The molecule has 5 nitrogen and oxygen atoms in total. The molecule has 0 aromatic heterocycles. The maximum Gasteiger partial charge on any atom is 0.311 e. The highest BCUT2D eigenvalue weighted by atomic mass is 16.5. The average molecular weight is 330 g/mol. The van der Waals surface area contributed by atoms with Crippen LogP contribution in [0.2, 0.25) is 0 Å². The third-order valence-electron chi connectivity index (χ3n) is 5.04. The molecule has 2 saturated heterocycles. The summed E-state index contributed by atoms with van der Waals surface area (Å²) in [5, 5.41) is 0. The minimum absolute atomic E-state index is 0.00544. The van der Waals surface area contributed by atoms with Gasteiger partial charge in [0.15, 0.2) is 0 Å². The van der Waals surface area contributed by atoms with E-state index >= 15 is 0 Å². The first-order valence-electron chi connectivity index (χ1n) is 8.91. The van der Waals surface area contributed by atoms with Crippen LogP contribution in [0.25, 0.3) is 0 Å². The standard InChI is InChI=1S/C19H26N2O3/c1-3-24-19(23)15-12-18(22)21(13-15)17-7-5-4-6-16(17)20-10-8-14(2)9-11-20/h4-7,14-15H,3,8-13H2,1-2H3/t15-/m1/s1.